The van der Waals surface area contributed by atoms with E-state index in [1.807, 2.05) is 54.6 Å². The van der Waals surface area contributed by atoms with Gasteiger partial charge in [0.25, 0.3) is 5.69 Å². The number of hydrogen-bond donors (Lipinski definition) is 0. The molecule has 0 atom stereocenters. The first-order valence-corrected chi connectivity index (χ1v) is 7.32. The van der Waals surface area contributed by atoms with Gasteiger partial charge in [0.15, 0.2) is 0 Å². The Morgan fingerprint density at radius 3 is 2.29 bits per heavy atom. The fourth-order valence-corrected chi connectivity index (χ4v) is 2.09. The molecule has 0 saturated carbocycles. The standard InChI is InChI=1S/C19H14N2O3/c22-21(23)17-11-9-16(10-12-17)20-14-15-5-4-8-19(13-15)24-18-6-2-1-3-7-18/h1-14H. The number of nitrogens with zero attached hydrogens (tertiary/aromatic N) is 2. The third-order valence-electron chi connectivity index (χ3n) is 3.26. The molecule has 0 spiro atoms. The van der Waals surface area contributed by atoms with Gasteiger partial charge in [0.05, 0.1) is 10.6 Å². The summed E-state index contributed by atoms with van der Waals surface area (Å²) in [5.74, 6) is 1.48. The van der Waals surface area contributed by atoms with Crippen molar-refractivity contribution in [2.75, 3.05) is 0 Å². The Morgan fingerprint density at radius 2 is 1.58 bits per heavy atom. The highest BCUT2D eigenvalue weighted by atomic mass is 16.6. The van der Waals surface area contributed by atoms with E-state index in [0.29, 0.717) is 11.4 Å². The van der Waals surface area contributed by atoms with Gasteiger partial charge in [-0.05, 0) is 42.0 Å². The molecule has 5 heteroatoms. The summed E-state index contributed by atoms with van der Waals surface area (Å²) in [6, 6.07) is 23.2. The van der Waals surface area contributed by atoms with Gasteiger partial charge in [-0.15, -0.1) is 0 Å². The number of nitro benzene ring substituents is 1. The summed E-state index contributed by atoms with van der Waals surface area (Å²) in [5, 5.41) is 10.6. The van der Waals surface area contributed by atoms with E-state index in [0.717, 1.165) is 11.3 Å². The monoisotopic (exact) mass is 318 g/mol. The highest BCUT2D eigenvalue weighted by Crippen LogP contribution is 2.22. The van der Waals surface area contributed by atoms with E-state index in [4.69, 9.17) is 4.74 Å². The first kappa shape index (κ1) is 15.4. The number of non-ortho nitro benzene ring substituents is 1. The summed E-state index contributed by atoms with van der Waals surface area (Å²) in [6.07, 6.45) is 1.69. The molecule has 0 fully saturated rings. The minimum atomic E-state index is -0.433. The van der Waals surface area contributed by atoms with Crippen molar-refractivity contribution in [3.8, 4) is 11.5 Å². The maximum Gasteiger partial charge on any atom is 0.269 e. The Bertz CT molecular complexity index is 859. The quantitative estimate of drug-likeness (QED) is 0.372. The Balaban J connectivity index is 1.73. The number of ether oxygens (including phenoxy) is 1. The summed E-state index contributed by atoms with van der Waals surface area (Å²) < 4.78 is 5.78. The molecule has 0 aliphatic heterocycles. The Hall–Kier alpha value is -3.47. The zero-order chi connectivity index (χ0) is 16.8. The van der Waals surface area contributed by atoms with Crippen molar-refractivity contribution in [3.05, 3.63) is 94.5 Å². The summed E-state index contributed by atoms with van der Waals surface area (Å²) >= 11 is 0. The predicted octanol–water partition coefficient (Wildman–Crippen LogP) is 5.14. The molecular formula is C19H14N2O3. The van der Waals surface area contributed by atoms with Crippen molar-refractivity contribution in [1.82, 2.24) is 0 Å². The number of rotatable bonds is 5. The fourth-order valence-electron chi connectivity index (χ4n) is 2.09. The fraction of sp³-hybridized carbons (Fsp3) is 0. The van der Waals surface area contributed by atoms with Crippen LogP contribution in [0.15, 0.2) is 83.9 Å². The van der Waals surface area contributed by atoms with E-state index in [-0.39, 0.29) is 5.69 Å². The lowest BCUT2D eigenvalue weighted by Crippen LogP contribution is -1.87. The normalized spacial score (nSPS) is 10.7. The van der Waals surface area contributed by atoms with Gasteiger partial charge in [0.2, 0.25) is 0 Å². The zero-order valence-corrected chi connectivity index (χ0v) is 12.7. The second-order valence-electron chi connectivity index (χ2n) is 5.02. The van der Waals surface area contributed by atoms with Crippen LogP contribution in [-0.2, 0) is 0 Å². The average Bonchev–Trinajstić information content (AvgIpc) is 2.61. The molecule has 0 amide bonds. The molecular weight excluding hydrogens is 304 g/mol. The lowest BCUT2D eigenvalue weighted by atomic mass is 10.2. The molecule has 24 heavy (non-hydrogen) atoms. The van der Waals surface area contributed by atoms with Gasteiger partial charge in [0, 0.05) is 18.3 Å². The largest absolute Gasteiger partial charge is 0.457 e. The van der Waals surface area contributed by atoms with E-state index < -0.39 is 4.92 Å². The highest BCUT2D eigenvalue weighted by molar-refractivity contribution is 5.82. The molecule has 0 heterocycles. The van der Waals surface area contributed by atoms with Gasteiger partial charge in [-0.25, -0.2) is 0 Å². The minimum absolute atomic E-state index is 0.0483. The van der Waals surface area contributed by atoms with Crippen LogP contribution >= 0.6 is 0 Å². The third kappa shape index (κ3) is 4.04. The number of nitro groups is 1. The van der Waals surface area contributed by atoms with Crippen LogP contribution in [0.4, 0.5) is 11.4 Å². The minimum Gasteiger partial charge on any atom is -0.457 e. The Morgan fingerprint density at radius 1 is 0.875 bits per heavy atom. The zero-order valence-electron chi connectivity index (χ0n) is 12.7. The van der Waals surface area contributed by atoms with E-state index in [9.17, 15) is 10.1 Å². The molecule has 3 rings (SSSR count). The Labute approximate surface area is 139 Å². The van der Waals surface area contributed by atoms with Crippen molar-refractivity contribution < 1.29 is 9.66 Å². The van der Waals surface area contributed by atoms with Crippen molar-refractivity contribution >= 4 is 17.6 Å². The molecule has 0 saturated heterocycles. The number of hydrogen-bond acceptors (Lipinski definition) is 4. The number of para-hydroxylation sites is 1. The lowest BCUT2D eigenvalue weighted by Gasteiger charge is -2.05. The van der Waals surface area contributed by atoms with E-state index >= 15 is 0 Å². The van der Waals surface area contributed by atoms with Crippen LogP contribution in [0, 0.1) is 10.1 Å². The second kappa shape index (κ2) is 7.19. The molecule has 0 radical (unpaired) electrons. The van der Waals surface area contributed by atoms with E-state index in [2.05, 4.69) is 4.99 Å². The molecule has 0 aliphatic rings. The van der Waals surface area contributed by atoms with Crippen LogP contribution < -0.4 is 4.74 Å². The lowest BCUT2D eigenvalue weighted by molar-refractivity contribution is -0.384. The smallest absolute Gasteiger partial charge is 0.269 e. The van der Waals surface area contributed by atoms with Gasteiger partial charge >= 0.3 is 0 Å². The van der Waals surface area contributed by atoms with Crippen LogP contribution in [0.25, 0.3) is 0 Å². The van der Waals surface area contributed by atoms with Crippen LogP contribution in [-0.4, -0.2) is 11.1 Å². The third-order valence-corrected chi connectivity index (χ3v) is 3.26. The van der Waals surface area contributed by atoms with Crippen molar-refractivity contribution in [1.29, 1.82) is 0 Å². The molecule has 5 nitrogen and oxygen atoms in total. The van der Waals surface area contributed by atoms with E-state index in [1.165, 1.54) is 12.1 Å². The summed E-state index contributed by atoms with van der Waals surface area (Å²) in [4.78, 5) is 14.5. The molecule has 0 N–H and O–H groups in total. The van der Waals surface area contributed by atoms with Gasteiger partial charge in [-0.2, -0.15) is 0 Å². The first-order chi connectivity index (χ1) is 11.7. The maximum absolute atomic E-state index is 10.6. The van der Waals surface area contributed by atoms with Gasteiger partial charge in [-0.3, -0.25) is 15.1 Å². The summed E-state index contributed by atoms with van der Waals surface area (Å²) in [6.45, 7) is 0. The van der Waals surface area contributed by atoms with Gasteiger partial charge in [-0.1, -0.05) is 30.3 Å². The van der Waals surface area contributed by atoms with Crippen LogP contribution in [0.3, 0.4) is 0 Å². The average molecular weight is 318 g/mol. The first-order valence-electron chi connectivity index (χ1n) is 7.32. The van der Waals surface area contributed by atoms with Crippen molar-refractivity contribution in [2.24, 2.45) is 4.99 Å². The predicted molar refractivity (Wildman–Crippen MR) is 93.3 cm³/mol. The van der Waals surface area contributed by atoms with Crippen molar-refractivity contribution in [3.63, 3.8) is 0 Å². The summed E-state index contributed by atoms with van der Waals surface area (Å²) in [7, 11) is 0. The van der Waals surface area contributed by atoms with Gasteiger partial charge < -0.3 is 4.74 Å². The molecule has 3 aromatic rings. The van der Waals surface area contributed by atoms with Crippen molar-refractivity contribution in [2.45, 2.75) is 0 Å². The van der Waals surface area contributed by atoms with Crippen LogP contribution in [0.2, 0.25) is 0 Å². The van der Waals surface area contributed by atoms with Gasteiger partial charge in [0.1, 0.15) is 11.5 Å². The number of aliphatic imine (C=N–C) groups is 1. The molecule has 0 aliphatic carbocycles. The molecule has 3 aromatic carbocycles. The van der Waals surface area contributed by atoms with Crippen LogP contribution in [0.1, 0.15) is 5.56 Å². The SMILES string of the molecule is O=[N+]([O-])c1ccc(N=Cc2cccc(Oc3ccccc3)c2)cc1. The topological polar surface area (TPSA) is 64.7 Å². The highest BCUT2D eigenvalue weighted by Gasteiger charge is 2.03. The molecule has 0 aromatic heterocycles. The van der Waals surface area contributed by atoms with Crippen LogP contribution in [0.5, 0.6) is 11.5 Å². The molecule has 118 valence electrons. The van der Waals surface area contributed by atoms with E-state index in [1.54, 1.807) is 18.3 Å². The second-order valence-corrected chi connectivity index (χ2v) is 5.02. The Kier molecular flexibility index (Phi) is 4.62. The molecule has 0 unspecified atom stereocenters. The number of benzene rings is 3. The summed E-state index contributed by atoms with van der Waals surface area (Å²) in [5.41, 5.74) is 1.57. The maximum atomic E-state index is 10.6. The molecule has 0 bridgehead atoms.